The molecule has 4 nitrogen and oxygen atoms in total. The van der Waals surface area contributed by atoms with E-state index in [1.54, 1.807) is 12.1 Å². The Morgan fingerprint density at radius 1 is 0.960 bits per heavy atom. The topological polar surface area (TPSA) is 32.8 Å². The standard InChI is InChI=1S/C20H27FN2O2/c21-18-3-1-2-4-19(18)25-17-9-13-22(14-10-17)16-7-11-23(12-8-16)20(24)15-5-6-15/h1-4,15-17H,5-14H2. The summed E-state index contributed by atoms with van der Waals surface area (Å²) in [7, 11) is 0. The molecule has 3 fully saturated rings. The van der Waals surface area contributed by atoms with Gasteiger partial charge in [0.25, 0.3) is 0 Å². The van der Waals surface area contributed by atoms with Crippen LogP contribution in [0.4, 0.5) is 4.39 Å². The first-order valence-electron chi connectivity index (χ1n) is 9.65. The first kappa shape index (κ1) is 16.8. The van der Waals surface area contributed by atoms with Crippen molar-refractivity contribution >= 4 is 5.91 Å². The molecule has 3 aliphatic rings. The molecule has 2 heterocycles. The number of nitrogens with zero attached hydrogens (tertiary/aromatic N) is 2. The average molecular weight is 346 g/mol. The fourth-order valence-electron chi connectivity index (χ4n) is 4.12. The Morgan fingerprint density at radius 2 is 1.64 bits per heavy atom. The van der Waals surface area contributed by atoms with Crippen LogP contribution >= 0.6 is 0 Å². The summed E-state index contributed by atoms with van der Waals surface area (Å²) in [6.07, 6.45) is 6.33. The van der Waals surface area contributed by atoms with Gasteiger partial charge in [-0.05, 0) is 50.7 Å². The van der Waals surface area contributed by atoms with E-state index in [4.69, 9.17) is 4.74 Å². The molecule has 2 aliphatic heterocycles. The summed E-state index contributed by atoms with van der Waals surface area (Å²) < 4.78 is 19.6. The lowest BCUT2D eigenvalue weighted by atomic mass is 9.98. The molecule has 0 atom stereocenters. The molecule has 0 unspecified atom stereocenters. The molecule has 1 aliphatic carbocycles. The number of carbonyl (C=O) groups is 1. The molecule has 0 spiro atoms. The van der Waals surface area contributed by atoms with Gasteiger partial charge in [-0.25, -0.2) is 4.39 Å². The number of halogens is 1. The SMILES string of the molecule is O=C(C1CC1)N1CCC(N2CCC(Oc3ccccc3F)CC2)CC1. The molecule has 1 saturated carbocycles. The Balaban J connectivity index is 1.22. The van der Waals surface area contributed by atoms with Gasteiger partial charge in [-0.1, -0.05) is 12.1 Å². The molecule has 0 bridgehead atoms. The number of benzene rings is 1. The van der Waals surface area contributed by atoms with Crippen molar-refractivity contribution in [2.75, 3.05) is 26.2 Å². The summed E-state index contributed by atoms with van der Waals surface area (Å²) in [6, 6.07) is 7.22. The predicted molar refractivity (Wildman–Crippen MR) is 93.9 cm³/mol. The van der Waals surface area contributed by atoms with Crippen LogP contribution < -0.4 is 4.74 Å². The molecule has 5 heteroatoms. The van der Waals surface area contributed by atoms with Crippen LogP contribution in [0.2, 0.25) is 0 Å². The normalized spacial score (nSPS) is 23.6. The van der Waals surface area contributed by atoms with Gasteiger partial charge in [-0.3, -0.25) is 9.69 Å². The number of likely N-dealkylation sites (tertiary alicyclic amines) is 2. The van der Waals surface area contributed by atoms with E-state index in [-0.39, 0.29) is 11.9 Å². The van der Waals surface area contributed by atoms with Crippen molar-refractivity contribution in [2.24, 2.45) is 5.92 Å². The lowest BCUT2D eigenvalue weighted by Crippen LogP contribution is -2.50. The summed E-state index contributed by atoms with van der Waals surface area (Å²) >= 11 is 0. The molecule has 0 N–H and O–H groups in total. The van der Waals surface area contributed by atoms with Gasteiger partial charge in [0.1, 0.15) is 6.10 Å². The van der Waals surface area contributed by atoms with Gasteiger partial charge < -0.3 is 9.64 Å². The zero-order chi connectivity index (χ0) is 17.2. The van der Waals surface area contributed by atoms with Crippen LogP contribution in [0.3, 0.4) is 0 Å². The van der Waals surface area contributed by atoms with Crippen molar-refractivity contribution in [2.45, 2.75) is 50.7 Å². The molecule has 2 saturated heterocycles. The Morgan fingerprint density at radius 3 is 2.28 bits per heavy atom. The second-order valence-electron chi connectivity index (χ2n) is 7.61. The van der Waals surface area contributed by atoms with Gasteiger partial charge in [0.05, 0.1) is 0 Å². The summed E-state index contributed by atoms with van der Waals surface area (Å²) in [5.74, 6) is 0.809. The van der Waals surface area contributed by atoms with Crippen LogP contribution in [0.25, 0.3) is 0 Å². The average Bonchev–Trinajstić information content (AvgIpc) is 3.49. The van der Waals surface area contributed by atoms with Gasteiger partial charge in [0.15, 0.2) is 11.6 Å². The van der Waals surface area contributed by atoms with E-state index in [9.17, 15) is 9.18 Å². The smallest absolute Gasteiger partial charge is 0.225 e. The van der Waals surface area contributed by atoms with E-state index >= 15 is 0 Å². The lowest BCUT2D eigenvalue weighted by molar-refractivity contribution is -0.134. The van der Waals surface area contributed by atoms with Gasteiger partial charge in [0.2, 0.25) is 5.91 Å². The molecule has 1 aromatic carbocycles. The third-order valence-corrected chi connectivity index (χ3v) is 5.83. The molecule has 4 rings (SSSR count). The number of piperidine rings is 2. The Hall–Kier alpha value is -1.62. The minimum atomic E-state index is -0.280. The van der Waals surface area contributed by atoms with Crippen LogP contribution in [0.1, 0.15) is 38.5 Å². The number of hydrogen-bond acceptors (Lipinski definition) is 3. The number of ether oxygens (including phenoxy) is 1. The van der Waals surface area contributed by atoms with E-state index in [1.807, 2.05) is 6.07 Å². The third-order valence-electron chi connectivity index (χ3n) is 5.83. The van der Waals surface area contributed by atoms with E-state index in [0.717, 1.165) is 64.7 Å². The summed E-state index contributed by atoms with van der Waals surface area (Å²) in [4.78, 5) is 16.8. The minimum absolute atomic E-state index is 0.102. The van der Waals surface area contributed by atoms with Crippen LogP contribution in [0.5, 0.6) is 5.75 Å². The third kappa shape index (κ3) is 3.97. The maximum Gasteiger partial charge on any atom is 0.225 e. The van der Waals surface area contributed by atoms with Gasteiger partial charge in [-0.2, -0.15) is 0 Å². The zero-order valence-corrected chi connectivity index (χ0v) is 14.7. The first-order valence-corrected chi connectivity index (χ1v) is 9.65. The van der Waals surface area contributed by atoms with Crippen molar-refractivity contribution < 1.29 is 13.9 Å². The van der Waals surface area contributed by atoms with Crippen molar-refractivity contribution in [1.82, 2.24) is 9.80 Å². The van der Waals surface area contributed by atoms with E-state index in [1.165, 1.54) is 6.07 Å². The van der Waals surface area contributed by atoms with Crippen molar-refractivity contribution in [3.8, 4) is 5.75 Å². The van der Waals surface area contributed by atoms with Crippen molar-refractivity contribution in [3.05, 3.63) is 30.1 Å². The van der Waals surface area contributed by atoms with Gasteiger partial charge in [0, 0.05) is 38.1 Å². The maximum atomic E-state index is 13.7. The monoisotopic (exact) mass is 346 g/mol. The largest absolute Gasteiger partial charge is 0.487 e. The first-order chi connectivity index (χ1) is 12.2. The van der Waals surface area contributed by atoms with Crippen molar-refractivity contribution in [3.63, 3.8) is 0 Å². The maximum absolute atomic E-state index is 13.7. The van der Waals surface area contributed by atoms with E-state index in [2.05, 4.69) is 9.80 Å². The highest BCUT2D eigenvalue weighted by molar-refractivity contribution is 5.81. The van der Waals surface area contributed by atoms with Gasteiger partial charge >= 0.3 is 0 Å². The summed E-state index contributed by atoms with van der Waals surface area (Å²) in [5.41, 5.74) is 0. The molecule has 0 aromatic heterocycles. The molecule has 0 radical (unpaired) electrons. The van der Waals surface area contributed by atoms with Crippen LogP contribution in [0, 0.1) is 11.7 Å². The number of amides is 1. The Bertz CT molecular complexity index is 603. The highest BCUT2D eigenvalue weighted by atomic mass is 19.1. The molecule has 136 valence electrons. The summed E-state index contributed by atoms with van der Waals surface area (Å²) in [5, 5.41) is 0. The fraction of sp³-hybridized carbons (Fsp3) is 0.650. The Kier molecular flexibility index (Phi) is 4.93. The van der Waals surface area contributed by atoms with E-state index < -0.39 is 0 Å². The molecular formula is C20H27FN2O2. The lowest BCUT2D eigenvalue weighted by Gasteiger charge is -2.41. The number of carbonyl (C=O) groups excluding carboxylic acids is 1. The highest BCUT2D eigenvalue weighted by Crippen LogP contribution is 2.32. The van der Waals surface area contributed by atoms with Gasteiger partial charge in [-0.15, -0.1) is 0 Å². The van der Waals surface area contributed by atoms with Crippen molar-refractivity contribution in [1.29, 1.82) is 0 Å². The van der Waals surface area contributed by atoms with Crippen LogP contribution in [0.15, 0.2) is 24.3 Å². The second kappa shape index (κ2) is 7.32. The number of para-hydroxylation sites is 1. The number of hydrogen-bond donors (Lipinski definition) is 0. The fourth-order valence-corrected chi connectivity index (χ4v) is 4.12. The Labute approximate surface area is 148 Å². The second-order valence-corrected chi connectivity index (χ2v) is 7.61. The zero-order valence-electron chi connectivity index (χ0n) is 14.7. The highest BCUT2D eigenvalue weighted by Gasteiger charge is 2.36. The molecule has 1 amide bonds. The molecule has 1 aromatic rings. The quantitative estimate of drug-likeness (QED) is 0.840. The molecular weight excluding hydrogens is 319 g/mol. The van der Waals surface area contributed by atoms with Crippen LogP contribution in [-0.2, 0) is 4.79 Å². The minimum Gasteiger partial charge on any atom is -0.487 e. The summed E-state index contributed by atoms with van der Waals surface area (Å²) in [6.45, 7) is 3.82. The van der Waals surface area contributed by atoms with E-state index in [0.29, 0.717) is 23.6 Å². The number of rotatable bonds is 4. The van der Waals surface area contributed by atoms with Crippen LogP contribution in [-0.4, -0.2) is 54.0 Å². The predicted octanol–water partition coefficient (Wildman–Crippen LogP) is 3.07. The molecule has 25 heavy (non-hydrogen) atoms.